The Kier molecular flexibility index (Phi) is 4.65. The highest BCUT2D eigenvalue weighted by atomic mass is 32.1. The number of piperidine rings is 1. The monoisotopic (exact) mass is 427 g/mol. The minimum absolute atomic E-state index is 0.0526. The van der Waals surface area contributed by atoms with Gasteiger partial charge in [-0.3, -0.25) is 9.69 Å². The summed E-state index contributed by atoms with van der Waals surface area (Å²) in [5.41, 5.74) is 0.222. The number of nitrogens with zero attached hydrogens (tertiary/aromatic N) is 5. The van der Waals surface area contributed by atoms with Crippen LogP contribution in [0.4, 0.5) is 10.6 Å². The lowest BCUT2D eigenvalue weighted by molar-refractivity contribution is -0.00320. The zero-order valence-electron chi connectivity index (χ0n) is 17.2. The molecule has 3 fully saturated rings. The van der Waals surface area contributed by atoms with Gasteiger partial charge in [-0.05, 0) is 31.4 Å². The number of aryl methyl sites for hydroxylation is 2. The maximum Gasteiger partial charge on any atom is 0.410 e. The Labute approximate surface area is 179 Å². The van der Waals surface area contributed by atoms with Crippen molar-refractivity contribution < 1.29 is 14.3 Å². The van der Waals surface area contributed by atoms with Crippen molar-refractivity contribution in [1.29, 1.82) is 0 Å². The van der Waals surface area contributed by atoms with Crippen LogP contribution >= 0.6 is 11.3 Å². The zero-order chi connectivity index (χ0) is 20.9. The molecule has 30 heavy (non-hydrogen) atoms. The van der Waals surface area contributed by atoms with Gasteiger partial charge in [0.2, 0.25) is 0 Å². The van der Waals surface area contributed by atoms with Crippen LogP contribution in [-0.2, 0) is 4.74 Å². The highest BCUT2D eigenvalue weighted by molar-refractivity contribution is 7.10. The van der Waals surface area contributed by atoms with Gasteiger partial charge in [0.05, 0.1) is 11.6 Å². The van der Waals surface area contributed by atoms with Crippen molar-refractivity contribution in [3.05, 3.63) is 40.0 Å². The Hall–Kier alpha value is -2.68. The van der Waals surface area contributed by atoms with E-state index in [1.807, 2.05) is 41.2 Å². The summed E-state index contributed by atoms with van der Waals surface area (Å²) < 4.78 is 5.98. The lowest BCUT2D eigenvalue weighted by Crippen LogP contribution is -2.61. The topological polar surface area (TPSA) is 78.9 Å². The van der Waals surface area contributed by atoms with Crippen molar-refractivity contribution >= 4 is 29.2 Å². The van der Waals surface area contributed by atoms with E-state index in [4.69, 9.17) is 4.74 Å². The van der Waals surface area contributed by atoms with Gasteiger partial charge >= 0.3 is 6.09 Å². The summed E-state index contributed by atoms with van der Waals surface area (Å²) in [6, 6.07) is 3.71. The minimum Gasteiger partial charge on any atom is -0.440 e. The fraction of sp³-hybridized carbons (Fsp3) is 0.524. The molecule has 2 amide bonds. The van der Waals surface area contributed by atoms with Crippen molar-refractivity contribution in [2.75, 3.05) is 37.6 Å². The largest absolute Gasteiger partial charge is 0.440 e. The number of rotatable bonds is 2. The first kappa shape index (κ1) is 19.3. The second-order valence-corrected chi connectivity index (χ2v) is 9.35. The van der Waals surface area contributed by atoms with Gasteiger partial charge in [-0.15, -0.1) is 11.3 Å². The van der Waals surface area contributed by atoms with E-state index in [1.165, 1.54) is 0 Å². The number of piperazine rings is 1. The molecule has 9 heteroatoms. The minimum atomic E-state index is -0.543. The average molecular weight is 428 g/mol. The molecule has 8 nitrogen and oxygen atoms in total. The standard InChI is InChI=1S/C21H25N5O3S/c1-14-16(4-12-30-14)19(27)25-10-11-26-17(13-25)21(29-20(26)28)5-8-24(9-6-21)18-3-7-22-15(2)23-18/h3-4,7,12,17H,5-6,8-11,13H2,1-2H3. The molecular formula is C21H25N5O3S. The predicted octanol–water partition coefficient (Wildman–Crippen LogP) is 2.47. The summed E-state index contributed by atoms with van der Waals surface area (Å²) in [7, 11) is 0. The van der Waals surface area contributed by atoms with E-state index in [0.717, 1.165) is 48.0 Å². The van der Waals surface area contributed by atoms with Crippen LogP contribution in [-0.4, -0.2) is 76.1 Å². The van der Waals surface area contributed by atoms with E-state index in [-0.39, 0.29) is 18.0 Å². The third-order valence-electron chi connectivity index (χ3n) is 6.58. The molecule has 1 unspecified atom stereocenters. The van der Waals surface area contributed by atoms with Gasteiger partial charge in [-0.1, -0.05) is 0 Å². The Morgan fingerprint density at radius 3 is 2.70 bits per heavy atom. The molecule has 1 spiro atoms. The van der Waals surface area contributed by atoms with Gasteiger partial charge in [0.25, 0.3) is 5.91 Å². The summed E-state index contributed by atoms with van der Waals surface area (Å²) in [5.74, 6) is 1.71. The van der Waals surface area contributed by atoms with E-state index in [0.29, 0.717) is 19.6 Å². The van der Waals surface area contributed by atoms with E-state index in [9.17, 15) is 9.59 Å². The molecule has 158 valence electrons. The van der Waals surface area contributed by atoms with Gasteiger partial charge in [-0.2, -0.15) is 0 Å². The summed E-state index contributed by atoms with van der Waals surface area (Å²) in [5, 5.41) is 1.95. The van der Waals surface area contributed by atoms with Crippen LogP contribution < -0.4 is 4.90 Å². The second kappa shape index (κ2) is 7.23. The maximum atomic E-state index is 13.1. The van der Waals surface area contributed by atoms with E-state index < -0.39 is 5.60 Å². The van der Waals surface area contributed by atoms with Crippen LogP contribution in [0, 0.1) is 13.8 Å². The molecule has 2 aromatic heterocycles. The first-order chi connectivity index (χ1) is 14.5. The van der Waals surface area contributed by atoms with Crippen LogP contribution in [0.1, 0.15) is 33.9 Å². The Bertz CT molecular complexity index is 985. The number of fused-ring (bicyclic) bond motifs is 2. The lowest BCUT2D eigenvalue weighted by atomic mass is 9.83. The van der Waals surface area contributed by atoms with Gasteiger partial charge < -0.3 is 14.5 Å². The van der Waals surface area contributed by atoms with Gasteiger partial charge in [0.1, 0.15) is 17.2 Å². The number of carbonyl (C=O) groups is 2. The predicted molar refractivity (Wildman–Crippen MR) is 113 cm³/mol. The number of hydrogen-bond acceptors (Lipinski definition) is 7. The van der Waals surface area contributed by atoms with Crippen LogP contribution in [0.3, 0.4) is 0 Å². The number of hydrogen-bond donors (Lipinski definition) is 0. The molecule has 2 aromatic rings. The number of anilines is 1. The summed E-state index contributed by atoms with van der Waals surface area (Å²) in [6.45, 7) is 6.96. The first-order valence-electron chi connectivity index (χ1n) is 10.3. The van der Waals surface area contributed by atoms with Crippen molar-refractivity contribution in [3.8, 4) is 0 Å². The van der Waals surface area contributed by atoms with Crippen molar-refractivity contribution in [3.63, 3.8) is 0 Å². The molecule has 5 rings (SSSR count). The van der Waals surface area contributed by atoms with Gasteiger partial charge in [0.15, 0.2) is 0 Å². The second-order valence-electron chi connectivity index (χ2n) is 8.23. The molecule has 0 N–H and O–H groups in total. The third kappa shape index (κ3) is 3.12. The normalized spacial score (nSPS) is 22.9. The van der Waals surface area contributed by atoms with Gasteiger partial charge in [0, 0.05) is 56.6 Å². The fourth-order valence-electron chi connectivity index (χ4n) is 4.88. The smallest absolute Gasteiger partial charge is 0.410 e. The Balaban J connectivity index is 1.33. The molecule has 0 radical (unpaired) electrons. The third-order valence-corrected chi connectivity index (χ3v) is 7.43. The molecular weight excluding hydrogens is 402 g/mol. The highest BCUT2D eigenvalue weighted by Crippen LogP contribution is 2.41. The lowest BCUT2D eigenvalue weighted by Gasteiger charge is -2.45. The summed E-state index contributed by atoms with van der Waals surface area (Å²) >= 11 is 1.58. The number of ether oxygens (including phenoxy) is 1. The van der Waals surface area contributed by atoms with E-state index in [2.05, 4.69) is 14.9 Å². The van der Waals surface area contributed by atoms with Crippen molar-refractivity contribution in [1.82, 2.24) is 19.8 Å². The van der Waals surface area contributed by atoms with Crippen molar-refractivity contribution in [2.45, 2.75) is 38.3 Å². The quantitative estimate of drug-likeness (QED) is 0.733. The molecule has 0 saturated carbocycles. The van der Waals surface area contributed by atoms with Crippen molar-refractivity contribution in [2.24, 2.45) is 0 Å². The number of aromatic nitrogens is 2. The summed E-state index contributed by atoms with van der Waals surface area (Å²) in [4.78, 5) is 41.3. The van der Waals surface area contributed by atoms with Crippen LogP contribution in [0.5, 0.6) is 0 Å². The summed E-state index contributed by atoms with van der Waals surface area (Å²) in [6.07, 6.45) is 2.98. The number of carbonyl (C=O) groups excluding carboxylic acids is 2. The zero-order valence-corrected chi connectivity index (χ0v) is 18.0. The van der Waals surface area contributed by atoms with Crippen LogP contribution in [0.25, 0.3) is 0 Å². The molecule has 0 bridgehead atoms. The molecule has 5 heterocycles. The molecule has 1 atom stereocenters. The van der Waals surface area contributed by atoms with Gasteiger partial charge in [-0.25, -0.2) is 14.8 Å². The molecule has 0 aliphatic carbocycles. The molecule has 3 aliphatic rings. The van der Waals surface area contributed by atoms with E-state index in [1.54, 1.807) is 17.5 Å². The number of amides is 2. The first-order valence-corrected chi connectivity index (χ1v) is 11.2. The fourth-order valence-corrected chi connectivity index (χ4v) is 5.57. The van der Waals surface area contributed by atoms with E-state index >= 15 is 0 Å². The Morgan fingerprint density at radius 2 is 2.00 bits per heavy atom. The molecule has 3 saturated heterocycles. The van der Waals surface area contributed by atoms with Crippen LogP contribution in [0.2, 0.25) is 0 Å². The number of thiophene rings is 1. The average Bonchev–Trinajstić information content (AvgIpc) is 3.29. The maximum absolute atomic E-state index is 13.1. The Morgan fingerprint density at radius 1 is 1.20 bits per heavy atom. The highest BCUT2D eigenvalue weighted by Gasteiger charge is 2.57. The molecule has 3 aliphatic heterocycles. The molecule has 0 aromatic carbocycles. The SMILES string of the molecule is Cc1nccc(N2CCC3(CC2)OC(=O)N2CCN(C(=O)c4ccsc4C)CC23)n1. The van der Waals surface area contributed by atoms with Crippen LogP contribution in [0.15, 0.2) is 23.7 Å².